The number of rotatable bonds is 1. The highest BCUT2D eigenvalue weighted by molar-refractivity contribution is 7.30. The highest BCUT2D eigenvalue weighted by Gasteiger charge is 2.04. The van der Waals surface area contributed by atoms with Crippen LogP contribution in [0, 0.1) is 11.3 Å². The van der Waals surface area contributed by atoms with Crippen molar-refractivity contribution >= 4 is 8.35 Å². The van der Waals surface area contributed by atoms with Crippen LogP contribution in [0.4, 0.5) is 0 Å². The minimum Gasteiger partial charge on any atom is -0.318 e. The van der Waals surface area contributed by atoms with Gasteiger partial charge in [0.05, 0.1) is 0 Å². The van der Waals surface area contributed by atoms with Crippen LogP contribution >= 0.6 is 8.35 Å². The van der Waals surface area contributed by atoms with Crippen LogP contribution in [-0.4, -0.2) is 4.33 Å². The molecule has 0 aliphatic heterocycles. The minimum atomic E-state index is 0.727. The van der Waals surface area contributed by atoms with E-state index in [1.807, 2.05) is 35.6 Å². The first-order chi connectivity index (χ1) is 6.81. The molecule has 0 saturated carbocycles. The number of aryl methyl sites for hydroxylation is 1. The quantitative estimate of drug-likeness (QED) is 0.695. The lowest BCUT2D eigenvalue weighted by Gasteiger charge is -1.93. The second kappa shape index (κ2) is 3.65. The molecule has 0 fully saturated rings. The van der Waals surface area contributed by atoms with Crippen LogP contribution in [0.25, 0.3) is 10.9 Å². The second-order valence-corrected chi connectivity index (χ2v) is 4.30. The predicted molar refractivity (Wildman–Crippen MR) is 58.1 cm³/mol. The Kier molecular flexibility index (Phi) is 2.35. The highest BCUT2D eigenvalue weighted by atomic mass is 31.0. The van der Waals surface area contributed by atoms with E-state index >= 15 is 0 Å². The molecule has 0 amide bonds. The Bertz CT molecular complexity index is 480. The molecule has 0 radical (unpaired) electrons. The van der Waals surface area contributed by atoms with E-state index in [0.29, 0.717) is 0 Å². The van der Waals surface area contributed by atoms with Crippen LogP contribution in [-0.2, 0) is 7.05 Å². The zero-order valence-corrected chi connectivity index (χ0v) is 8.70. The van der Waals surface area contributed by atoms with Gasteiger partial charge in [0.2, 0.25) is 0 Å². The van der Waals surface area contributed by atoms with Gasteiger partial charge in [-0.25, -0.2) is 0 Å². The predicted octanol–water partition coefficient (Wildman–Crippen LogP) is 3.14. The van der Waals surface area contributed by atoms with Gasteiger partial charge in [-0.2, -0.15) is 5.26 Å². The average molecular weight is 200 g/mol. The summed E-state index contributed by atoms with van der Waals surface area (Å²) in [6.45, 7) is 0. The van der Waals surface area contributed by atoms with Crippen molar-refractivity contribution in [3.8, 4) is 16.9 Å². The molecule has 3 heteroatoms. The summed E-state index contributed by atoms with van der Waals surface area (Å²) in [6, 6.07) is 14.3. The van der Waals surface area contributed by atoms with Crippen molar-refractivity contribution in [3.05, 3.63) is 42.1 Å². The summed E-state index contributed by atoms with van der Waals surface area (Å²) in [5.74, 6) is 0. The van der Waals surface area contributed by atoms with Gasteiger partial charge >= 0.3 is 0 Å². The largest absolute Gasteiger partial charge is 0.318 e. The fourth-order valence-corrected chi connectivity index (χ4v) is 2.30. The lowest BCUT2D eigenvalue weighted by Crippen LogP contribution is -1.82. The summed E-state index contributed by atoms with van der Waals surface area (Å²) in [7, 11) is 3.00. The van der Waals surface area contributed by atoms with Crippen molar-refractivity contribution in [3.63, 3.8) is 0 Å². The Hall–Kier alpha value is -1.58. The van der Waals surface area contributed by atoms with E-state index in [9.17, 15) is 0 Å². The van der Waals surface area contributed by atoms with Crippen LogP contribution in [0.2, 0.25) is 0 Å². The van der Waals surface area contributed by atoms with Crippen LogP contribution in [0.5, 0.6) is 0 Å². The van der Waals surface area contributed by atoms with Gasteiger partial charge < -0.3 is 4.33 Å². The van der Waals surface area contributed by atoms with Gasteiger partial charge in [0.15, 0.2) is 0 Å². The molecule has 2 nitrogen and oxygen atoms in total. The van der Waals surface area contributed by atoms with Crippen LogP contribution in [0.15, 0.2) is 36.4 Å². The van der Waals surface area contributed by atoms with Gasteiger partial charge in [0.25, 0.3) is 0 Å². The standard InChI is InChI=1S/C11H9N2P/c1-13-10(8-12)7-11(14-13)9-5-3-2-4-6-9/h2-7H,1H3. The second-order valence-electron chi connectivity index (χ2n) is 3.02. The first-order valence-electron chi connectivity index (χ1n) is 4.31. The first kappa shape index (κ1) is 8.99. The smallest absolute Gasteiger partial charge is 0.124 e. The van der Waals surface area contributed by atoms with Crippen LogP contribution in [0.3, 0.4) is 0 Å². The molecule has 68 valence electrons. The van der Waals surface area contributed by atoms with Crippen molar-refractivity contribution in [2.45, 2.75) is 0 Å². The van der Waals surface area contributed by atoms with E-state index in [1.165, 1.54) is 10.9 Å². The van der Waals surface area contributed by atoms with Gasteiger partial charge in [-0.05, 0) is 11.6 Å². The maximum absolute atomic E-state index is 8.82. The Morgan fingerprint density at radius 2 is 2.00 bits per heavy atom. The molecule has 0 aliphatic carbocycles. The normalized spacial score (nSPS) is 10.3. The summed E-state index contributed by atoms with van der Waals surface area (Å²) < 4.78 is 1.93. The fourth-order valence-electron chi connectivity index (χ4n) is 1.32. The van der Waals surface area contributed by atoms with Gasteiger partial charge in [-0.3, -0.25) is 0 Å². The Labute approximate surface area is 84.6 Å². The van der Waals surface area contributed by atoms with Crippen LogP contribution < -0.4 is 0 Å². The van der Waals surface area contributed by atoms with Gasteiger partial charge in [-0.1, -0.05) is 30.3 Å². The molecule has 1 heterocycles. The molecule has 0 atom stereocenters. The first-order valence-corrected chi connectivity index (χ1v) is 5.15. The molecule has 14 heavy (non-hydrogen) atoms. The fraction of sp³-hybridized carbons (Fsp3) is 0.0909. The number of hydrogen-bond donors (Lipinski definition) is 0. The van der Waals surface area contributed by atoms with Crippen molar-refractivity contribution in [2.75, 3.05) is 0 Å². The van der Waals surface area contributed by atoms with E-state index in [-0.39, 0.29) is 0 Å². The Morgan fingerprint density at radius 3 is 2.57 bits per heavy atom. The monoisotopic (exact) mass is 200 g/mol. The molecule has 0 aliphatic rings. The average Bonchev–Trinajstić information content (AvgIpc) is 2.61. The van der Waals surface area contributed by atoms with Gasteiger partial charge in [-0.15, -0.1) is 0 Å². The lowest BCUT2D eigenvalue weighted by molar-refractivity contribution is 1.01. The maximum atomic E-state index is 8.82. The molecule has 2 rings (SSSR count). The zero-order valence-electron chi connectivity index (χ0n) is 7.81. The summed E-state index contributed by atoms with van der Waals surface area (Å²) in [6.07, 6.45) is 0. The van der Waals surface area contributed by atoms with Gasteiger partial charge in [0, 0.05) is 20.7 Å². The topological polar surface area (TPSA) is 28.7 Å². The maximum Gasteiger partial charge on any atom is 0.124 e. The van der Waals surface area contributed by atoms with Crippen molar-refractivity contribution in [1.29, 1.82) is 5.26 Å². The lowest BCUT2D eigenvalue weighted by atomic mass is 10.2. The minimum absolute atomic E-state index is 0.727. The van der Waals surface area contributed by atoms with Crippen molar-refractivity contribution in [1.82, 2.24) is 4.33 Å². The molecular weight excluding hydrogens is 191 g/mol. The molecule has 0 saturated heterocycles. The molecule has 2 aromatic rings. The highest BCUT2D eigenvalue weighted by Crippen LogP contribution is 2.29. The van der Waals surface area contributed by atoms with E-state index in [0.717, 1.165) is 14.0 Å². The SMILES string of the molecule is Cn1pc(-c2ccccc2)cc1C#N. The molecule has 1 aromatic carbocycles. The summed E-state index contributed by atoms with van der Waals surface area (Å²) in [4.78, 5) is 0. The van der Waals surface area contributed by atoms with Crippen molar-refractivity contribution in [2.24, 2.45) is 7.05 Å². The molecule has 1 aromatic heterocycles. The summed E-state index contributed by atoms with van der Waals surface area (Å²) in [5.41, 5.74) is 1.91. The molecule has 0 N–H and O–H groups in total. The molecule has 0 spiro atoms. The number of nitrogens with zero attached hydrogens (tertiary/aromatic N) is 2. The number of nitriles is 1. The van der Waals surface area contributed by atoms with Crippen LogP contribution in [0.1, 0.15) is 5.69 Å². The van der Waals surface area contributed by atoms with Gasteiger partial charge in [0.1, 0.15) is 11.8 Å². The molecule has 0 bridgehead atoms. The number of hydrogen-bond acceptors (Lipinski definition) is 1. The third-order valence-corrected chi connectivity index (χ3v) is 3.18. The third-order valence-electron chi connectivity index (χ3n) is 2.06. The summed E-state index contributed by atoms with van der Waals surface area (Å²) >= 11 is 0. The van der Waals surface area contributed by atoms with E-state index in [4.69, 9.17) is 5.26 Å². The van der Waals surface area contributed by atoms with Crippen molar-refractivity contribution < 1.29 is 0 Å². The molecular formula is C11H9N2P. The Morgan fingerprint density at radius 1 is 1.29 bits per heavy atom. The summed E-state index contributed by atoms with van der Waals surface area (Å²) in [5, 5.41) is 10.0. The van der Waals surface area contributed by atoms with E-state index < -0.39 is 0 Å². The Balaban J connectivity index is 2.50. The number of benzene rings is 1. The number of aromatic nitrogens is 1. The zero-order chi connectivity index (χ0) is 9.97. The third kappa shape index (κ3) is 1.55. The molecule has 0 unspecified atom stereocenters. The van der Waals surface area contributed by atoms with E-state index in [1.54, 1.807) is 0 Å². The van der Waals surface area contributed by atoms with E-state index in [2.05, 4.69) is 18.2 Å².